The molecule has 2 heteroatoms. The minimum Gasteiger partial charge on any atom is -0.344 e. The second-order valence-electron chi connectivity index (χ2n) is 4.86. The van der Waals surface area contributed by atoms with Crippen LogP contribution in [0.5, 0.6) is 0 Å². The van der Waals surface area contributed by atoms with Gasteiger partial charge in [0.1, 0.15) is 0 Å². The quantitative estimate of drug-likeness (QED) is 0.800. The van der Waals surface area contributed by atoms with Gasteiger partial charge in [0.2, 0.25) is 0 Å². The van der Waals surface area contributed by atoms with Gasteiger partial charge in [0.05, 0.1) is 13.2 Å². The first-order valence-electron chi connectivity index (χ1n) is 6.53. The van der Waals surface area contributed by atoms with Crippen LogP contribution in [0, 0.1) is 0 Å². The second kappa shape index (κ2) is 4.38. The zero-order valence-corrected chi connectivity index (χ0v) is 10.9. The number of ether oxygens (including phenoxy) is 2. The Labute approximate surface area is 108 Å². The Morgan fingerprint density at radius 2 is 1.89 bits per heavy atom. The zero-order chi connectivity index (χ0) is 12.6. The van der Waals surface area contributed by atoms with Crippen LogP contribution in [0.25, 0.3) is 10.8 Å². The van der Waals surface area contributed by atoms with Crippen molar-refractivity contribution < 1.29 is 9.47 Å². The average molecular weight is 242 g/mol. The molecule has 3 rings (SSSR count). The summed E-state index contributed by atoms with van der Waals surface area (Å²) in [5.41, 5.74) is 2.48. The van der Waals surface area contributed by atoms with Gasteiger partial charge in [-0.25, -0.2) is 0 Å². The van der Waals surface area contributed by atoms with E-state index in [1.165, 1.54) is 16.3 Å². The molecule has 1 aliphatic rings. The summed E-state index contributed by atoms with van der Waals surface area (Å²) in [6.07, 6.45) is 1.04. The largest absolute Gasteiger partial charge is 0.344 e. The molecular weight excluding hydrogens is 224 g/mol. The van der Waals surface area contributed by atoms with E-state index in [0.717, 1.165) is 12.0 Å². The lowest BCUT2D eigenvalue weighted by Crippen LogP contribution is -2.22. The van der Waals surface area contributed by atoms with Gasteiger partial charge in [-0.05, 0) is 29.7 Å². The number of hydrogen-bond acceptors (Lipinski definition) is 2. The molecule has 0 N–H and O–H groups in total. The molecule has 0 aromatic heterocycles. The monoisotopic (exact) mass is 242 g/mol. The summed E-state index contributed by atoms with van der Waals surface area (Å²) in [4.78, 5) is 0. The van der Waals surface area contributed by atoms with E-state index in [4.69, 9.17) is 9.47 Å². The maximum absolute atomic E-state index is 5.79. The molecule has 2 aromatic carbocycles. The van der Waals surface area contributed by atoms with E-state index < -0.39 is 5.79 Å². The molecule has 0 unspecified atom stereocenters. The number of rotatable bonds is 2. The Morgan fingerprint density at radius 3 is 2.61 bits per heavy atom. The molecule has 0 bridgehead atoms. The molecular formula is C16H18O2. The lowest BCUT2D eigenvalue weighted by atomic mass is 9.96. The third-order valence-electron chi connectivity index (χ3n) is 3.68. The van der Waals surface area contributed by atoms with Crippen LogP contribution in [0.4, 0.5) is 0 Å². The molecule has 18 heavy (non-hydrogen) atoms. The average Bonchev–Trinajstić information content (AvgIpc) is 2.85. The van der Waals surface area contributed by atoms with E-state index in [-0.39, 0.29) is 0 Å². The molecule has 1 fully saturated rings. The third kappa shape index (κ3) is 1.82. The standard InChI is InChI=1S/C16H18O2/c1-3-12-7-8-13-5-4-6-15(14(13)11-12)16(2)17-9-10-18-16/h4-8,11H,3,9-10H2,1-2H3. The fourth-order valence-corrected chi connectivity index (χ4v) is 2.61. The Balaban J connectivity index is 2.21. The van der Waals surface area contributed by atoms with Crippen molar-refractivity contribution in [2.24, 2.45) is 0 Å². The highest BCUT2D eigenvalue weighted by Crippen LogP contribution is 2.35. The van der Waals surface area contributed by atoms with Gasteiger partial charge in [0.15, 0.2) is 5.79 Å². The number of aryl methyl sites for hydroxylation is 1. The molecule has 0 radical (unpaired) electrons. The summed E-state index contributed by atoms with van der Waals surface area (Å²) < 4.78 is 11.6. The first-order chi connectivity index (χ1) is 8.73. The SMILES string of the molecule is CCc1ccc2cccc(C3(C)OCCO3)c2c1. The van der Waals surface area contributed by atoms with E-state index in [1.54, 1.807) is 0 Å². The van der Waals surface area contributed by atoms with Crippen molar-refractivity contribution in [2.45, 2.75) is 26.1 Å². The van der Waals surface area contributed by atoms with Crippen LogP contribution < -0.4 is 0 Å². The number of hydrogen-bond donors (Lipinski definition) is 0. The molecule has 1 aliphatic heterocycles. The molecule has 0 spiro atoms. The van der Waals surface area contributed by atoms with Gasteiger partial charge < -0.3 is 9.47 Å². The Hall–Kier alpha value is -1.38. The van der Waals surface area contributed by atoms with Crippen molar-refractivity contribution in [3.63, 3.8) is 0 Å². The highest BCUT2D eigenvalue weighted by Gasteiger charge is 2.34. The number of fused-ring (bicyclic) bond motifs is 1. The molecule has 0 saturated carbocycles. The van der Waals surface area contributed by atoms with Crippen molar-refractivity contribution in [1.82, 2.24) is 0 Å². The predicted molar refractivity (Wildman–Crippen MR) is 72.6 cm³/mol. The smallest absolute Gasteiger partial charge is 0.192 e. The zero-order valence-electron chi connectivity index (χ0n) is 10.9. The van der Waals surface area contributed by atoms with Crippen molar-refractivity contribution >= 4 is 10.8 Å². The molecule has 1 heterocycles. The Morgan fingerprint density at radius 1 is 1.11 bits per heavy atom. The highest BCUT2D eigenvalue weighted by molar-refractivity contribution is 5.87. The maximum Gasteiger partial charge on any atom is 0.192 e. The summed E-state index contributed by atoms with van der Waals surface area (Å²) in [6, 6.07) is 12.9. The van der Waals surface area contributed by atoms with Crippen molar-refractivity contribution in [2.75, 3.05) is 13.2 Å². The molecule has 0 aliphatic carbocycles. The maximum atomic E-state index is 5.79. The summed E-state index contributed by atoms with van der Waals surface area (Å²) in [6.45, 7) is 5.52. The van der Waals surface area contributed by atoms with E-state index >= 15 is 0 Å². The molecule has 0 amide bonds. The van der Waals surface area contributed by atoms with Crippen LogP contribution in [-0.2, 0) is 21.7 Å². The van der Waals surface area contributed by atoms with Gasteiger partial charge in [0, 0.05) is 5.56 Å². The summed E-state index contributed by atoms with van der Waals surface area (Å²) in [7, 11) is 0. The lowest BCUT2D eigenvalue weighted by molar-refractivity contribution is -0.148. The van der Waals surface area contributed by atoms with E-state index in [2.05, 4.69) is 43.3 Å². The lowest BCUT2D eigenvalue weighted by Gasteiger charge is -2.24. The van der Waals surface area contributed by atoms with Crippen molar-refractivity contribution in [1.29, 1.82) is 0 Å². The van der Waals surface area contributed by atoms with Crippen molar-refractivity contribution in [3.05, 3.63) is 47.5 Å². The fraction of sp³-hybridized carbons (Fsp3) is 0.375. The minimum atomic E-state index is -0.591. The van der Waals surface area contributed by atoms with Gasteiger partial charge in [-0.15, -0.1) is 0 Å². The summed E-state index contributed by atoms with van der Waals surface area (Å²) >= 11 is 0. The summed E-state index contributed by atoms with van der Waals surface area (Å²) in [5.74, 6) is -0.591. The highest BCUT2D eigenvalue weighted by atomic mass is 16.7. The van der Waals surface area contributed by atoms with Gasteiger partial charge in [-0.2, -0.15) is 0 Å². The van der Waals surface area contributed by atoms with Gasteiger partial charge in [-0.1, -0.05) is 43.3 Å². The first-order valence-corrected chi connectivity index (χ1v) is 6.53. The molecule has 2 nitrogen and oxygen atoms in total. The summed E-state index contributed by atoms with van der Waals surface area (Å²) in [5, 5.41) is 2.48. The van der Waals surface area contributed by atoms with E-state index in [1.807, 2.05) is 6.92 Å². The molecule has 94 valence electrons. The van der Waals surface area contributed by atoms with Crippen LogP contribution in [0.15, 0.2) is 36.4 Å². The normalized spacial score (nSPS) is 18.3. The molecule has 1 saturated heterocycles. The van der Waals surface area contributed by atoms with Crippen LogP contribution in [0.3, 0.4) is 0 Å². The second-order valence-corrected chi connectivity index (χ2v) is 4.86. The van der Waals surface area contributed by atoms with Crippen LogP contribution >= 0.6 is 0 Å². The number of benzene rings is 2. The van der Waals surface area contributed by atoms with Gasteiger partial charge in [-0.3, -0.25) is 0 Å². The topological polar surface area (TPSA) is 18.5 Å². The van der Waals surface area contributed by atoms with Crippen molar-refractivity contribution in [3.8, 4) is 0 Å². The van der Waals surface area contributed by atoms with Gasteiger partial charge in [0.25, 0.3) is 0 Å². The molecule has 2 aromatic rings. The van der Waals surface area contributed by atoms with Crippen LogP contribution in [-0.4, -0.2) is 13.2 Å². The minimum absolute atomic E-state index is 0.591. The molecule has 0 atom stereocenters. The van der Waals surface area contributed by atoms with E-state index in [9.17, 15) is 0 Å². The van der Waals surface area contributed by atoms with E-state index in [0.29, 0.717) is 13.2 Å². The predicted octanol–water partition coefficient (Wildman–Crippen LogP) is 3.62. The van der Waals surface area contributed by atoms with Crippen LogP contribution in [0.2, 0.25) is 0 Å². The Kier molecular flexibility index (Phi) is 2.84. The Bertz CT molecular complexity index is 568. The fourth-order valence-electron chi connectivity index (χ4n) is 2.61. The third-order valence-corrected chi connectivity index (χ3v) is 3.68. The van der Waals surface area contributed by atoms with Gasteiger partial charge >= 0.3 is 0 Å². The van der Waals surface area contributed by atoms with Crippen LogP contribution in [0.1, 0.15) is 25.0 Å². The first kappa shape index (κ1) is 11.7.